The van der Waals surface area contributed by atoms with Crippen LogP contribution in [0.3, 0.4) is 0 Å². The lowest BCUT2D eigenvalue weighted by molar-refractivity contribution is -0.140. The van der Waals surface area contributed by atoms with Gasteiger partial charge in [-0.3, -0.25) is 86.5 Å². The Kier molecular flexibility index (Phi) is 30.4. The van der Waals surface area contributed by atoms with Crippen molar-refractivity contribution >= 4 is 111 Å². The number of amides is 9. The number of primary amides is 1. The van der Waals surface area contributed by atoms with Crippen molar-refractivity contribution in [3.63, 3.8) is 0 Å². The largest absolute Gasteiger partial charge is 0.480 e. The summed E-state index contributed by atoms with van der Waals surface area (Å²) in [6.07, 6.45) is 4.69. The first-order valence-corrected chi connectivity index (χ1v) is 33.0. The number of carbonyl (C=O) groups is 14. The number of H-pyrrole nitrogens is 1. The highest BCUT2D eigenvalue weighted by Crippen LogP contribution is 2.26. The maximum absolute atomic E-state index is 14.7. The van der Waals surface area contributed by atoms with Gasteiger partial charge in [0, 0.05) is 106 Å². The fourth-order valence-electron chi connectivity index (χ4n) is 11.3. The summed E-state index contributed by atoms with van der Waals surface area (Å²) in [7, 11) is 0. The van der Waals surface area contributed by atoms with Crippen molar-refractivity contribution in [3.05, 3.63) is 96.2 Å². The number of imidazole rings is 1. The monoisotopic (exact) mass is 1410 g/mol. The summed E-state index contributed by atoms with van der Waals surface area (Å²) in [6, 6.07) is 8.70. The summed E-state index contributed by atoms with van der Waals surface area (Å²) >= 11 is 0. The number of benzene rings is 3. The summed E-state index contributed by atoms with van der Waals surface area (Å²) < 4.78 is 1.28. The number of nitrogens with zero attached hydrogens (tertiary/aromatic N) is 6. The van der Waals surface area contributed by atoms with Gasteiger partial charge in [-0.2, -0.15) is 0 Å². The Balaban J connectivity index is 1.16. The molecule has 1 fully saturated rings. The summed E-state index contributed by atoms with van der Waals surface area (Å²) in [4.78, 5) is 196. The molecule has 34 heteroatoms. The van der Waals surface area contributed by atoms with E-state index in [0.717, 1.165) is 0 Å². The molecule has 3 heterocycles. The van der Waals surface area contributed by atoms with E-state index in [-0.39, 0.29) is 121 Å². The number of rotatable bonds is 35. The third kappa shape index (κ3) is 25.6. The van der Waals surface area contributed by atoms with Crippen LogP contribution in [-0.4, -0.2) is 261 Å². The molecule has 5 aromatic rings. The lowest BCUT2D eigenvalue weighted by Gasteiger charge is -2.32. The molecule has 546 valence electrons. The fourth-order valence-corrected chi connectivity index (χ4v) is 11.3. The van der Waals surface area contributed by atoms with E-state index < -0.39 is 132 Å². The molecule has 6 rings (SSSR count). The van der Waals surface area contributed by atoms with Crippen molar-refractivity contribution in [3.8, 4) is 0 Å². The summed E-state index contributed by atoms with van der Waals surface area (Å²) in [5.74, 6) is -11.0. The number of nitrogens with one attached hydrogen (secondary N) is 9. The zero-order valence-corrected chi connectivity index (χ0v) is 57.0. The van der Waals surface area contributed by atoms with Crippen molar-refractivity contribution in [1.29, 1.82) is 0 Å². The summed E-state index contributed by atoms with van der Waals surface area (Å²) in [5, 5.41) is 51.1. The number of carboxylic acids is 3. The molecule has 6 atom stereocenters. The molecule has 101 heavy (non-hydrogen) atoms. The van der Waals surface area contributed by atoms with Gasteiger partial charge in [0.2, 0.25) is 53.2 Å². The number of hydrogen-bond donors (Lipinski definition) is 14. The van der Waals surface area contributed by atoms with Crippen molar-refractivity contribution in [2.45, 2.75) is 103 Å². The molecule has 16 N–H and O–H groups in total. The van der Waals surface area contributed by atoms with Gasteiger partial charge in [0.1, 0.15) is 30.5 Å². The number of nitrogens with two attached hydrogens (primary N) is 2. The Morgan fingerprint density at radius 1 is 0.614 bits per heavy atom. The molecule has 1 aliphatic heterocycles. The molecular formula is C67H91N17O17. The molecule has 0 radical (unpaired) electrons. The number of fused-ring (bicyclic) bond motifs is 2. The minimum Gasteiger partial charge on any atom is -0.480 e. The minimum atomic E-state index is -1.50. The van der Waals surface area contributed by atoms with Crippen LogP contribution >= 0.6 is 0 Å². The standard InChI is InChI=1S/C67H91N17O17/c1-39(2)25-46(37-85)76-65(99)52(28-45-29-70-38-73-45)77-56(88)31-72-66(100)61(40(3)4)79-62(96)41(5)74-64(98)51(27-43-32-84(53-12-7-6-10-48(43)53)67(101)50(68)15-16-54(69)86)78-63(97)49-11-8-9-42-26-44(13-14-47(42)49)75-55(87)30-71-57(89)33-80-17-19-81(34-58(90)91)21-23-83(36-60(94)95)24-22-82(20-18-80)35-59(92)93/h6-14,26,29,32,37-41,46,50-52,61H,15-25,27-28,30-31,33-36,68H2,1-5H3,(H2,69,86)(H,70,73)(H,71,89)(H,72,100)(H,74,98)(H,75,87)(H,76,99)(H,77,88)(H,78,97)(H,79,96)(H,90,91)(H,92,93)(H,94,95)/t41-,46-,50-,51-,52-,61-/m0/s1. The van der Waals surface area contributed by atoms with Crippen LogP contribution in [0.4, 0.5) is 5.69 Å². The van der Waals surface area contributed by atoms with Gasteiger partial charge in [-0.1, -0.05) is 64.1 Å². The Bertz CT molecular complexity index is 3750. The molecule has 9 amide bonds. The first kappa shape index (κ1) is 79.4. The zero-order valence-electron chi connectivity index (χ0n) is 57.0. The third-order valence-electron chi connectivity index (χ3n) is 16.6. The number of aliphatic carboxylic acids is 3. The smallest absolute Gasteiger partial charge is 0.317 e. The molecule has 0 spiro atoms. The van der Waals surface area contributed by atoms with Gasteiger partial charge in [0.25, 0.3) is 5.91 Å². The maximum Gasteiger partial charge on any atom is 0.317 e. The SMILES string of the molecule is CC(C)C[C@@H](C=O)NC(=O)[C@H](Cc1cnc[nH]1)NC(=O)CNC(=O)[C@@H](NC(=O)[C@H](C)NC(=O)[C@H](Cc1cn(C(=O)[C@@H](N)CCC(N)=O)c2ccccc12)NC(=O)c1cccc2cc(NC(=O)CNC(=O)CN3CCN(CC(=O)O)CCN(CC(=O)O)CCN(CC(=O)O)CC3)ccc12)C(C)C. The molecule has 0 bridgehead atoms. The Morgan fingerprint density at radius 3 is 1.76 bits per heavy atom. The Hall–Kier alpha value is -10.5. The number of hydrogen-bond acceptors (Lipinski definition) is 20. The number of aromatic nitrogens is 3. The predicted octanol–water partition coefficient (Wildman–Crippen LogP) is -2.16. The second-order valence-corrected chi connectivity index (χ2v) is 25.5. The molecule has 3 aromatic carbocycles. The quantitative estimate of drug-likeness (QED) is 0.0192. The second kappa shape index (κ2) is 38.7. The average Bonchev–Trinajstić information content (AvgIpc) is 1.69. The molecule has 1 aliphatic rings. The summed E-state index contributed by atoms with van der Waals surface area (Å²) in [5.41, 5.74) is 13.2. The third-order valence-corrected chi connectivity index (χ3v) is 16.6. The van der Waals surface area contributed by atoms with E-state index in [9.17, 15) is 82.4 Å². The normalized spacial score (nSPS) is 15.4. The number of aromatic amines is 1. The number of carboxylic acid groups (broad SMARTS) is 3. The van der Waals surface area contributed by atoms with Gasteiger partial charge in [-0.05, 0) is 72.2 Å². The summed E-state index contributed by atoms with van der Waals surface area (Å²) in [6.45, 7) is 7.35. The molecule has 0 aliphatic carbocycles. The second-order valence-electron chi connectivity index (χ2n) is 25.5. The van der Waals surface area contributed by atoms with Crippen molar-refractivity contribution < 1.29 is 82.4 Å². The Labute approximate surface area is 581 Å². The van der Waals surface area contributed by atoms with Gasteiger partial charge in [0.05, 0.1) is 63.2 Å². The minimum absolute atomic E-state index is 0.0357. The van der Waals surface area contributed by atoms with Gasteiger partial charge >= 0.3 is 17.9 Å². The van der Waals surface area contributed by atoms with Crippen molar-refractivity contribution in [2.24, 2.45) is 23.3 Å². The fraction of sp³-hybridized carbons (Fsp3) is 0.478. The van der Waals surface area contributed by atoms with E-state index in [2.05, 4.69) is 52.5 Å². The maximum atomic E-state index is 14.7. The molecule has 0 saturated carbocycles. The highest BCUT2D eigenvalue weighted by atomic mass is 16.4. The van der Waals surface area contributed by atoms with Crippen LogP contribution in [0.2, 0.25) is 0 Å². The van der Waals surface area contributed by atoms with E-state index in [1.807, 2.05) is 13.8 Å². The van der Waals surface area contributed by atoms with E-state index in [4.69, 9.17) is 11.5 Å². The van der Waals surface area contributed by atoms with E-state index in [1.54, 1.807) is 82.0 Å². The zero-order chi connectivity index (χ0) is 74.0. The van der Waals surface area contributed by atoms with Crippen LogP contribution in [0.15, 0.2) is 79.4 Å². The molecule has 2 aromatic heterocycles. The number of carbonyl (C=O) groups excluding carboxylic acids is 11. The highest BCUT2D eigenvalue weighted by molar-refractivity contribution is 6.10. The first-order valence-electron chi connectivity index (χ1n) is 33.0. The van der Waals surface area contributed by atoms with Crippen LogP contribution in [0.5, 0.6) is 0 Å². The lowest BCUT2D eigenvalue weighted by atomic mass is 10.0. The van der Waals surface area contributed by atoms with Crippen molar-refractivity contribution in [1.82, 2.24) is 71.4 Å². The Morgan fingerprint density at radius 2 is 1.20 bits per heavy atom. The molecule has 0 unspecified atom stereocenters. The van der Waals surface area contributed by atoms with Crippen molar-refractivity contribution in [2.75, 3.05) is 96.9 Å². The van der Waals surface area contributed by atoms with Gasteiger partial charge < -0.3 is 79.1 Å². The average molecular weight is 1410 g/mol. The van der Waals surface area contributed by atoms with Crippen LogP contribution < -0.4 is 54.0 Å². The first-order chi connectivity index (χ1) is 48.0. The highest BCUT2D eigenvalue weighted by Gasteiger charge is 2.33. The van der Waals surface area contributed by atoms with E-state index in [1.165, 1.54) is 42.3 Å². The van der Waals surface area contributed by atoms with Gasteiger partial charge in [-0.25, -0.2) is 4.98 Å². The molecule has 34 nitrogen and oxygen atoms in total. The molecule has 1 saturated heterocycles. The predicted molar refractivity (Wildman–Crippen MR) is 367 cm³/mol. The van der Waals surface area contributed by atoms with E-state index in [0.29, 0.717) is 45.6 Å². The number of anilines is 1. The lowest BCUT2D eigenvalue weighted by Crippen LogP contribution is -2.58. The van der Waals surface area contributed by atoms with Crippen LogP contribution in [0.25, 0.3) is 21.7 Å². The van der Waals surface area contributed by atoms with E-state index >= 15 is 0 Å². The van der Waals surface area contributed by atoms with Gasteiger partial charge in [-0.15, -0.1) is 0 Å². The number of para-hydroxylation sites is 1. The van der Waals surface area contributed by atoms with Gasteiger partial charge in [0.15, 0.2) is 0 Å². The number of aldehydes is 1. The topological polar surface area (TPSA) is 495 Å². The molecular weight excluding hydrogens is 1310 g/mol. The van der Waals surface area contributed by atoms with Crippen LogP contribution in [0, 0.1) is 11.8 Å². The van der Waals surface area contributed by atoms with Crippen LogP contribution in [0.1, 0.15) is 80.3 Å². The van der Waals surface area contributed by atoms with Crippen LogP contribution in [-0.2, 0) is 70.4 Å².